The molecular formula is C16H14N2O7S2. The summed E-state index contributed by atoms with van der Waals surface area (Å²) in [5.41, 5.74) is 1.02. The van der Waals surface area contributed by atoms with Crippen molar-refractivity contribution in [3.05, 3.63) is 47.2 Å². The Morgan fingerprint density at radius 2 is 2.00 bits per heavy atom. The first kappa shape index (κ1) is 18.0. The monoisotopic (exact) mass is 410 g/mol. The topological polar surface area (TPSA) is 130 Å². The molecule has 3 aliphatic heterocycles. The van der Waals surface area contributed by atoms with Crippen molar-refractivity contribution in [3.8, 4) is 0 Å². The van der Waals surface area contributed by atoms with Gasteiger partial charge >= 0.3 is 5.97 Å². The smallest absolute Gasteiger partial charge is 0.355 e. The number of ether oxygens (including phenoxy) is 1. The number of esters is 1. The molecular weight excluding hydrogens is 396 g/mol. The fourth-order valence-corrected chi connectivity index (χ4v) is 5.49. The zero-order valence-corrected chi connectivity index (χ0v) is 15.3. The zero-order valence-electron chi connectivity index (χ0n) is 13.7. The average Bonchev–Trinajstić information content (AvgIpc) is 2.99. The van der Waals surface area contributed by atoms with Crippen molar-refractivity contribution in [1.29, 1.82) is 0 Å². The maximum atomic E-state index is 12.6. The molecule has 9 nitrogen and oxygen atoms in total. The predicted molar refractivity (Wildman–Crippen MR) is 93.7 cm³/mol. The number of carbonyl (C=O) groups excluding carboxylic acids is 3. The lowest BCUT2D eigenvalue weighted by Gasteiger charge is -2.48. The Morgan fingerprint density at radius 1 is 1.30 bits per heavy atom. The van der Waals surface area contributed by atoms with Crippen molar-refractivity contribution in [2.24, 2.45) is 0 Å². The van der Waals surface area contributed by atoms with Crippen LogP contribution < -0.4 is 5.32 Å². The van der Waals surface area contributed by atoms with Gasteiger partial charge in [0.15, 0.2) is 5.25 Å². The van der Waals surface area contributed by atoms with Crippen molar-refractivity contribution in [2.75, 3.05) is 12.4 Å². The Hall–Kier alpha value is -2.37. The molecule has 0 unspecified atom stereocenters. The average molecular weight is 410 g/mol. The van der Waals surface area contributed by atoms with Gasteiger partial charge in [-0.15, -0.1) is 11.8 Å². The number of nitrogens with zero attached hydrogens (tertiary/aromatic N) is 1. The van der Waals surface area contributed by atoms with Crippen LogP contribution in [0.4, 0.5) is 0 Å². The molecule has 27 heavy (non-hydrogen) atoms. The highest BCUT2D eigenvalue weighted by Crippen LogP contribution is 2.42. The third-order valence-corrected chi connectivity index (χ3v) is 6.98. The number of nitrogens with one attached hydrogen (secondary N) is 1. The number of hydrogen-bond acceptors (Lipinski definition) is 7. The predicted octanol–water partition coefficient (Wildman–Crippen LogP) is -0.174. The first-order valence-corrected chi connectivity index (χ1v) is 10.5. The molecule has 0 bridgehead atoms. The van der Waals surface area contributed by atoms with Crippen molar-refractivity contribution in [2.45, 2.75) is 16.7 Å². The minimum Gasteiger partial charge on any atom is -0.456 e. The Bertz CT molecular complexity index is 974. The summed E-state index contributed by atoms with van der Waals surface area (Å²) in [6.07, 6.45) is 0. The van der Waals surface area contributed by atoms with Gasteiger partial charge in [-0.3, -0.25) is 19.0 Å². The van der Waals surface area contributed by atoms with Crippen LogP contribution in [-0.4, -0.2) is 59.4 Å². The molecule has 1 aromatic carbocycles. The van der Waals surface area contributed by atoms with Crippen LogP contribution in [0.15, 0.2) is 41.6 Å². The molecule has 0 radical (unpaired) electrons. The van der Waals surface area contributed by atoms with Crippen LogP contribution in [0.5, 0.6) is 0 Å². The molecule has 3 heterocycles. The van der Waals surface area contributed by atoms with Gasteiger partial charge in [-0.1, -0.05) is 30.3 Å². The van der Waals surface area contributed by atoms with E-state index >= 15 is 0 Å². The van der Waals surface area contributed by atoms with Crippen LogP contribution >= 0.6 is 11.8 Å². The van der Waals surface area contributed by atoms with Crippen molar-refractivity contribution >= 4 is 39.7 Å². The first-order chi connectivity index (χ1) is 12.8. The maximum Gasteiger partial charge on any atom is 0.355 e. The van der Waals surface area contributed by atoms with Crippen LogP contribution in [0.25, 0.3) is 0 Å². The van der Waals surface area contributed by atoms with Gasteiger partial charge in [0.2, 0.25) is 5.91 Å². The largest absolute Gasteiger partial charge is 0.456 e. The molecule has 142 valence electrons. The summed E-state index contributed by atoms with van der Waals surface area (Å²) in [6, 6.07) is 6.52. The van der Waals surface area contributed by atoms with Gasteiger partial charge in [0.05, 0.1) is 0 Å². The van der Waals surface area contributed by atoms with Crippen molar-refractivity contribution < 1.29 is 32.1 Å². The third-order valence-electron chi connectivity index (χ3n) is 4.55. The molecule has 4 rings (SSSR count). The van der Waals surface area contributed by atoms with Crippen molar-refractivity contribution in [1.82, 2.24) is 10.2 Å². The fourth-order valence-electron chi connectivity index (χ4n) is 3.32. The van der Waals surface area contributed by atoms with Gasteiger partial charge < -0.3 is 10.1 Å². The summed E-state index contributed by atoms with van der Waals surface area (Å²) >= 11 is 1.35. The number of thioether (sulfide) groups is 1. The molecule has 1 fully saturated rings. The second-order valence-electron chi connectivity index (χ2n) is 6.23. The summed E-state index contributed by atoms with van der Waals surface area (Å²) in [7, 11) is -4.74. The zero-order chi connectivity index (χ0) is 19.3. The van der Waals surface area contributed by atoms with E-state index in [2.05, 4.69) is 5.32 Å². The Kier molecular flexibility index (Phi) is 4.24. The lowest BCUT2D eigenvalue weighted by atomic mass is 10.0. The number of carbonyl (C=O) groups is 3. The number of benzene rings is 1. The molecule has 0 aromatic heterocycles. The molecule has 11 heteroatoms. The van der Waals surface area contributed by atoms with Gasteiger partial charge in [0, 0.05) is 11.3 Å². The van der Waals surface area contributed by atoms with E-state index in [9.17, 15) is 27.4 Å². The van der Waals surface area contributed by atoms with E-state index in [1.54, 1.807) is 6.07 Å². The molecule has 1 aromatic rings. The Labute approximate surface area is 158 Å². The quantitative estimate of drug-likeness (QED) is 0.397. The Balaban J connectivity index is 1.55. The number of fused-ring (bicyclic) bond motifs is 2. The summed E-state index contributed by atoms with van der Waals surface area (Å²) in [4.78, 5) is 38.1. The SMILES string of the molecule is O=C1OCC2=C1N1C(=O)[C@@H](NC(=O)[C@@H](c3ccccc3)S(=O)(=O)O)[C@H]1SC2. The molecule has 1 saturated heterocycles. The normalized spacial score (nSPS) is 25.3. The molecule has 0 aliphatic carbocycles. The van der Waals surface area contributed by atoms with Gasteiger partial charge in [-0.05, 0) is 5.56 Å². The number of β-lactam (4-membered cyclic amide) rings is 1. The first-order valence-electron chi connectivity index (χ1n) is 7.94. The number of amides is 2. The molecule has 0 saturated carbocycles. The second-order valence-corrected chi connectivity index (χ2v) is 8.84. The minimum atomic E-state index is -4.74. The second kappa shape index (κ2) is 6.36. The number of hydrogen-bond donors (Lipinski definition) is 2. The molecule has 2 N–H and O–H groups in total. The highest BCUT2D eigenvalue weighted by atomic mass is 32.2. The number of cyclic esters (lactones) is 1. The number of rotatable bonds is 4. The van der Waals surface area contributed by atoms with Gasteiger partial charge in [-0.2, -0.15) is 8.42 Å². The highest BCUT2D eigenvalue weighted by Gasteiger charge is 2.56. The van der Waals surface area contributed by atoms with E-state index in [4.69, 9.17) is 4.74 Å². The Morgan fingerprint density at radius 3 is 2.67 bits per heavy atom. The highest BCUT2D eigenvalue weighted by molar-refractivity contribution is 8.00. The maximum absolute atomic E-state index is 12.6. The standard InChI is InChI=1S/C16H14N2O7S2/c19-13(12(27(22,23)24)8-4-2-1-3-5-8)17-10-14(20)18-11-9(6-25-16(11)21)7-26-15(10)18/h1-5,10,12,15H,6-7H2,(H,17,19)(H,22,23,24)/t10-,12-,15-/m1/s1. The van der Waals surface area contributed by atoms with Crippen LogP contribution in [0.2, 0.25) is 0 Å². The van der Waals surface area contributed by atoms with E-state index in [-0.39, 0.29) is 17.9 Å². The van der Waals surface area contributed by atoms with E-state index in [1.807, 2.05) is 0 Å². The summed E-state index contributed by atoms with van der Waals surface area (Å²) in [5.74, 6) is -1.62. The van der Waals surface area contributed by atoms with E-state index in [0.717, 1.165) is 5.57 Å². The molecule has 3 aliphatic rings. The van der Waals surface area contributed by atoms with Crippen LogP contribution in [0.3, 0.4) is 0 Å². The summed E-state index contributed by atoms with van der Waals surface area (Å²) in [5, 5.41) is 0.0291. The summed E-state index contributed by atoms with van der Waals surface area (Å²) < 4.78 is 37.9. The van der Waals surface area contributed by atoms with E-state index in [0.29, 0.717) is 5.75 Å². The van der Waals surface area contributed by atoms with Crippen LogP contribution in [0.1, 0.15) is 10.8 Å². The van der Waals surface area contributed by atoms with Gasteiger partial charge in [0.1, 0.15) is 23.7 Å². The molecule has 2 amide bonds. The van der Waals surface area contributed by atoms with Gasteiger partial charge in [-0.25, -0.2) is 4.79 Å². The van der Waals surface area contributed by atoms with E-state index in [1.165, 1.54) is 40.9 Å². The van der Waals surface area contributed by atoms with E-state index < -0.39 is 44.6 Å². The lowest BCUT2D eigenvalue weighted by molar-refractivity contribution is -0.150. The minimum absolute atomic E-state index is 0.0850. The van der Waals surface area contributed by atoms with Crippen molar-refractivity contribution in [3.63, 3.8) is 0 Å². The third kappa shape index (κ3) is 2.91. The van der Waals surface area contributed by atoms with Crippen LogP contribution in [0, 0.1) is 0 Å². The summed E-state index contributed by atoms with van der Waals surface area (Å²) in [6.45, 7) is 0.146. The van der Waals surface area contributed by atoms with Gasteiger partial charge in [0.25, 0.3) is 16.0 Å². The molecule has 3 atom stereocenters. The molecule has 0 spiro atoms. The lowest BCUT2D eigenvalue weighted by Crippen LogP contribution is -2.70. The van der Waals surface area contributed by atoms with Crippen LogP contribution in [-0.2, 0) is 29.2 Å². The fraction of sp³-hybridized carbons (Fsp3) is 0.312.